The number of nitrogens with zero attached hydrogens (tertiary/aromatic N) is 1. The van der Waals surface area contributed by atoms with Crippen molar-refractivity contribution in [2.75, 3.05) is 0 Å². The van der Waals surface area contributed by atoms with E-state index in [-0.39, 0.29) is 16.3 Å². The summed E-state index contributed by atoms with van der Waals surface area (Å²) in [6.07, 6.45) is 1.30. The number of halogens is 1. The fourth-order valence-electron chi connectivity index (χ4n) is 1.45. The maximum atomic E-state index is 11.8. The molecule has 0 aliphatic carbocycles. The summed E-state index contributed by atoms with van der Waals surface area (Å²) in [7, 11) is 0. The van der Waals surface area contributed by atoms with Crippen LogP contribution in [0, 0.1) is 10.1 Å². The van der Waals surface area contributed by atoms with Gasteiger partial charge in [-0.3, -0.25) is 30.6 Å². The lowest BCUT2D eigenvalue weighted by atomic mass is 10.2. The summed E-state index contributed by atoms with van der Waals surface area (Å²) in [6, 6.07) is 6.46. The van der Waals surface area contributed by atoms with Crippen LogP contribution in [-0.2, 0) is 0 Å². The first-order valence-electron chi connectivity index (χ1n) is 5.57. The van der Waals surface area contributed by atoms with E-state index in [1.54, 1.807) is 0 Å². The van der Waals surface area contributed by atoms with Gasteiger partial charge in [-0.1, -0.05) is 11.6 Å². The van der Waals surface area contributed by atoms with Crippen molar-refractivity contribution in [3.63, 3.8) is 0 Å². The SMILES string of the molecule is O=C(NNC(=O)c1ccco1)c1ccc(Cl)c([N+](=O)[O-])c1. The maximum absolute atomic E-state index is 11.8. The Hall–Kier alpha value is -2.87. The van der Waals surface area contributed by atoms with Gasteiger partial charge in [-0.15, -0.1) is 0 Å². The predicted molar refractivity (Wildman–Crippen MR) is 71.7 cm³/mol. The minimum Gasteiger partial charge on any atom is -0.459 e. The summed E-state index contributed by atoms with van der Waals surface area (Å²) < 4.78 is 4.83. The van der Waals surface area contributed by atoms with Gasteiger partial charge in [0.2, 0.25) is 0 Å². The van der Waals surface area contributed by atoms with Crippen LogP contribution < -0.4 is 10.9 Å². The van der Waals surface area contributed by atoms with Gasteiger partial charge in [0.15, 0.2) is 5.76 Å². The van der Waals surface area contributed by atoms with Crippen molar-refractivity contribution in [3.8, 4) is 0 Å². The molecule has 0 bridgehead atoms. The van der Waals surface area contributed by atoms with Gasteiger partial charge in [0.1, 0.15) is 5.02 Å². The Bertz CT molecular complexity index is 699. The highest BCUT2D eigenvalue weighted by molar-refractivity contribution is 6.32. The van der Waals surface area contributed by atoms with Crippen LogP contribution in [0.25, 0.3) is 0 Å². The molecule has 2 rings (SSSR count). The molecule has 1 heterocycles. The van der Waals surface area contributed by atoms with E-state index in [0.717, 1.165) is 6.07 Å². The molecule has 108 valence electrons. The summed E-state index contributed by atoms with van der Waals surface area (Å²) in [6.45, 7) is 0. The van der Waals surface area contributed by atoms with Gasteiger partial charge in [0.25, 0.3) is 11.6 Å². The van der Waals surface area contributed by atoms with E-state index in [1.807, 2.05) is 0 Å². The molecule has 9 heteroatoms. The van der Waals surface area contributed by atoms with Gasteiger partial charge >= 0.3 is 5.91 Å². The first-order valence-corrected chi connectivity index (χ1v) is 5.95. The van der Waals surface area contributed by atoms with Crippen molar-refractivity contribution in [2.45, 2.75) is 0 Å². The summed E-state index contributed by atoms with van der Waals surface area (Å²) in [5.74, 6) is -1.37. The Morgan fingerprint density at radius 2 is 1.90 bits per heavy atom. The van der Waals surface area contributed by atoms with Gasteiger partial charge in [-0.05, 0) is 24.3 Å². The number of benzene rings is 1. The number of furan rings is 1. The molecule has 21 heavy (non-hydrogen) atoms. The highest BCUT2D eigenvalue weighted by Gasteiger charge is 2.17. The van der Waals surface area contributed by atoms with E-state index in [9.17, 15) is 19.7 Å². The van der Waals surface area contributed by atoms with Crippen LogP contribution in [0.15, 0.2) is 41.0 Å². The Morgan fingerprint density at radius 1 is 1.19 bits per heavy atom. The number of nitro benzene ring substituents is 1. The molecule has 2 amide bonds. The van der Waals surface area contributed by atoms with Crippen molar-refractivity contribution in [1.29, 1.82) is 0 Å². The summed E-state index contributed by atoms with van der Waals surface area (Å²) in [4.78, 5) is 33.3. The summed E-state index contributed by atoms with van der Waals surface area (Å²) in [5, 5.41) is 10.6. The number of hydrogen-bond acceptors (Lipinski definition) is 5. The molecule has 2 aromatic rings. The molecule has 2 N–H and O–H groups in total. The fourth-order valence-corrected chi connectivity index (χ4v) is 1.64. The van der Waals surface area contributed by atoms with Crippen LogP contribution in [0.5, 0.6) is 0 Å². The Kier molecular flexibility index (Phi) is 4.19. The maximum Gasteiger partial charge on any atom is 0.305 e. The molecule has 0 saturated carbocycles. The average Bonchev–Trinajstić information content (AvgIpc) is 2.98. The number of hydrazine groups is 1. The molecule has 0 atom stereocenters. The normalized spacial score (nSPS) is 9.95. The number of amides is 2. The summed E-state index contributed by atoms with van der Waals surface area (Å²) in [5.41, 5.74) is 3.80. The molecule has 0 spiro atoms. The zero-order chi connectivity index (χ0) is 15.4. The third-order valence-electron chi connectivity index (χ3n) is 2.44. The lowest BCUT2D eigenvalue weighted by Gasteiger charge is -2.06. The second kappa shape index (κ2) is 6.06. The largest absolute Gasteiger partial charge is 0.459 e. The monoisotopic (exact) mass is 309 g/mol. The molecule has 0 unspecified atom stereocenters. The van der Waals surface area contributed by atoms with E-state index >= 15 is 0 Å². The molecule has 0 fully saturated rings. The number of nitrogens with one attached hydrogen (secondary N) is 2. The van der Waals surface area contributed by atoms with Gasteiger partial charge in [-0.25, -0.2) is 0 Å². The van der Waals surface area contributed by atoms with Crippen LogP contribution in [0.2, 0.25) is 5.02 Å². The average molecular weight is 310 g/mol. The molecule has 0 aliphatic rings. The molecule has 1 aromatic heterocycles. The Balaban J connectivity index is 2.05. The summed E-state index contributed by atoms with van der Waals surface area (Å²) >= 11 is 5.64. The lowest BCUT2D eigenvalue weighted by molar-refractivity contribution is -0.384. The zero-order valence-corrected chi connectivity index (χ0v) is 11.1. The van der Waals surface area contributed by atoms with Crippen LogP contribution in [-0.4, -0.2) is 16.7 Å². The number of carbonyl (C=O) groups excluding carboxylic acids is 2. The fraction of sp³-hybridized carbons (Fsp3) is 0. The minimum absolute atomic E-state index is 0.0115. The number of rotatable bonds is 3. The Labute approximate surface area is 122 Å². The smallest absolute Gasteiger partial charge is 0.305 e. The lowest BCUT2D eigenvalue weighted by Crippen LogP contribution is -2.41. The third-order valence-corrected chi connectivity index (χ3v) is 2.76. The molecule has 1 aromatic carbocycles. The molecule has 0 aliphatic heterocycles. The zero-order valence-electron chi connectivity index (χ0n) is 10.3. The number of nitro groups is 1. The van der Waals surface area contributed by atoms with E-state index in [4.69, 9.17) is 16.0 Å². The van der Waals surface area contributed by atoms with Gasteiger partial charge in [0.05, 0.1) is 11.2 Å². The van der Waals surface area contributed by atoms with Crippen molar-refractivity contribution in [1.82, 2.24) is 10.9 Å². The van der Waals surface area contributed by atoms with Crippen LogP contribution in [0.1, 0.15) is 20.9 Å². The van der Waals surface area contributed by atoms with Crippen molar-refractivity contribution in [2.24, 2.45) is 0 Å². The molecule has 0 saturated heterocycles. The van der Waals surface area contributed by atoms with Gasteiger partial charge < -0.3 is 4.42 Å². The first kappa shape index (κ1) is 14.5. The minimum atomic E-state index is -0.727. The highest BCUT2D eigenvalue weighted by Crippen LogP contribution is 2.24. The standard InChI is InChI=1S/C12H8ClN3O5/c13-8-4-3-7(6-9(8)16(19)20)11(17)14-15-12(18)10-2-1-5-21-10/h1-6H,(H,14,17)(H,15,18). The van der Waals surface area contributed by atoms with Crippen molar-refractivity contribution < 1.29 is 18.9 Å². The highest BCUT2D eigenvalue weighted by atomic mass is 35.5. The van der Waals surface area contributed by atoms with Gasteiger partial charge in [-0.2, -0.15) is 0 Å². The molecule has 0 radical (unpaired) electrons. The van der Waals surface area contributed by atoms with Crippen molar-refractivity contribution in [3.05, 3.63) is 63.1 Å². The van der Waals surface area contributed by atoms with E-state index < -0.39 is 22.4 Å². The molecular formula is C12H8ClN3O5. The van der Waals surface area contributed by atoms with Gasteiger partial charge in [0, 0.05) is 11.6 Å². The molecule has 8 nitrogen and oxygen atoms in total. The predicted octanol–water partition coefficient (Wildman–Crippen LogP) is 1.92. The van der Waals surface area contributed by atoms with E-state index in [1.165, 1.54) is 30.5 Å². The quantitative estimate of drug-likeness (QED) is 0.664. The second-order valence-corrected chi connectivity index (χ2v) is 4.22. The third kappa shape index (κ3) is 3.37. The number of carbonyl (C=O) groups is 2. The van der Waals surface area contributed by atoms with E-state index in [2.05, 4.69) is 10.9 Å². The van der Waals surface area contributed by atoms with E-state index in [0.29, 0.717) is 0 Å². The topological polar surface area (TPSA) is 114 Å². The van der Waals surface area contributed by atoms with Crippen LogP contribution in [0.3, 0.4) is 0 Å². The first-order chi connectivity index (χ1) is 9.99. The molecular weight excluding hydrogens is 302 g/mol. The Morgan fingerprint density at radius 3 is 2.52 bits per heavy atom. The van der Waals surface area contributed by atoms with Crippen molar-refractivity contribution >= 4 is 29.1 Å². The number of hydrogen-bond donors (Lipinski definition) is 2. The van der Waals surface area contributed by atoms with Crippen LogP contribution in [0.4, 0.5) is 5.69 Å². The second-order valence-electron chi connectivity index (χ2n) is 3.81. The van der Waals surface area contributed by atoms with Crippen LogP contribution >= 0.6 is 11.6 Å².